The van der Waals surface area contributed by atoms with Gasteiger partial charge in [-0.1, -0.05) is 13.0 Å². The molecule has 1 saturated heterocycles. The second-order valence-electron chi connectivity index (χ2n) is 5.54. The van der Waals surface area contributed by atoms with E-state index in [1.165, 1.54) is 5.56 Å². The standard InChI is InChI=1S/C14H20BrNO2/c1-10(16)5-11-3-4-13(12(15)6-11)18-9-14(2)7-17-8-14/h3-4,6,10H,5,7-9,16H2,1-2H3. The van der Waals surface area contributed by atoms with Crippen LogP contribution < -0.4 is 10.5 Å². The van der Waals surface area contributed by atoms with Gasteiger partial charge < -0.3 is 15.2 Å². The number of benzene rings is 1. The minimum atomic E-state index is 0.171. The Kier molecular flexibility index (Phi) is 4.30. The Morgan fingerprint density at radius 1 is 1.50 bits per heavy atom. The van der Waals surface area contributed by atoms with Crippen LogP contribution in [0.25, 0.3) is 0 Å². The number of ether oxygens (including phenoxy) is 2. The van der Waals surface area contributed by atoms with E-state index in [1.807, 2.05) is 13.0 Å². The predicted molar refractivity (Wildman–Crippen MR) is 75.9 cm³/mol. The largest absolute Gasteiger partial charge is 0.492 e. The summed E-state index contributed by atoms with van der Waals surface area (Å²) < 4.78 is 12.0. The van der Waals surface area contributed by atoms with Crippen molar-refractivity contribution in [1.29, 1.82) is 0 Å². The van der Waals surface area contributed by atoms with Gasteiger partial charge in [0.2, 0.25) is 0 Å². The van der Waals surface area contributed by atoms with Crippen molar-refractivity contribution < 1.29 is 9.47 Å². The normalized spacial score (nSPS) is 19.1. The lowest BCUT2D eigenvalue weighted by molar-refractivity contribution is -0.120. The fourth-order valence-electron chi connectivity index (χ4n) is 1.95. The first-order chi connectivity index (χ1) is 8.48. The maximum Gasteiger partial charge on any atom is 0.133 e. The van der Waals surface area contributed by atoms with Gasteiger partial charge in [0.05, 0.1) is 24.3 Å². The fraction of sp³-hybridized carbons (Fsp3) is 0.571. The molecule has 0 bridgehead atoms. The summed E-state index contributed by atoms with van der Waals surface area (Å²) in [5, 5.41) is 0. The number of hydrogen-bond acceptors (Lipinski definition) is 3. The van der Waals surface area contributed by atoms with Crippen molar-refractivity contribution in [1.82, 2.24) is 0 Å². The number of hydrogen-bond donors (Lipinski definition) is 1. The quantitative estimate of drug-likeness (QED) is 0.909. The van der Waals surface area contributed by atoms with E-state index in [0.717, 1.165) is 29.9 Å². The lowest BCUT2D eigenvalue weighted by Crippen LogP contribution is -2.44. The van der Waals surface area contributed by atoms with Gasteiger partial charge in [-0.3, -0.25) is 0 Å². The van der Waals surface area contributed by atoms with Crippen LogP contribution in [0.4, 0.5) is 0 Å². The Labute approximate surface area is 117 Å². The molecule has 4 heteroatoms. The van der Waals surface area contributed by atoms with Crippen LogP contribution in [0.15, 0.2) is 22.7 Å². The summed E-state index contributed by atoms with van der Waals surface area (Å²) in [6.07, 6.45) is 0.879. The molecule has 1 fully saturated rings. The predicted octanol–water partition coefficient (Wildman–Crippen LogP) is 2.75. The molecule has 3 nitrogen and oxygen atoms in total. The fourth-order valence-corrected chi connectivity index (χ4v) is 2.49. The molecule has 0 aromatic heterocycles. The van der Waals surface area contributed by atoms with Crippen LogP contribution in [-0.2, 0) is 11.2 Å². The summed E-state index contributed by atoms with van der Waals surface area (Å²) in [5.74, 6) is 0.886. The molecule has 0 aliphatic carbocycles. The molecular weight excluding hydrogens is 294 g/mol. The van der Waals surface area contributed by atoms with Crippen LogP contribution in [0.5, 0.6) is 5.75 Å². The zero-order valence-electron chi connectivity index (χ0n) is 10.9. The van der Waals surface area contributed by atoms with Crippen molar-refractivity contribution >= 4 is 15.9 Å². The van der Waals surface area contributed by atoms with Crippen molar-refractivity contribution in [3.05, 3.63) is 28.2 Å². The van der Waals surface area contributed by atoms with Crippen molar-refractivity contribution in [2.75, 3.05) is 19.8 Å². The van der Waals surface area contributed by atoms with Crippen LogP contribution in [-0.4, -0.2) is 25.9 Å². The van der Waals surface area contributed by atoms with E-state index in [2.05, 4.69) is 35.0 Å². The van der Waals surface area contributed by atoms with Gasteiger partial charge in [0.25, 0.3) is 0 Å². The summed E-state index contributed by atoms with van der Waals surface area (Å²) in [7, 11) is 0. The molecule has 0 spiro atoms. The summed E-state index contributed by atoms with van der Waals surface area (Å²) in [6, 6.07) is 6.33. The van der Waals surface area contributed by atoms with E-state index >= 15 is 0 Å². The smallest absolute Gasteiger partial charge is 0.133 e. The zero-order valence-corrected chi connectivity index (χ0v) is 12.5. The van der Waals surface area contributed by atoms with E-state index in [9.17, 15) is 0 Å². The Morgan fingerprint density at radius 2 is 2.22 bits per heavy atom. The third-order valence-corrected chi connectivity index (χ3v) is 3.65. The van der Waals surface area contributed by atoms with Gasteiger partial charge in [0.1, 0.15) is 5.75 Å². The molecule has 2 N–H and O–H groups in total. The molecule has 1 aromatic rings. The Morgan fingerprint density at radius 3 is 2.72 bits per heavy atom. The highest BCUT2D eigenvalue weighted by Gasteiger charge is 2.34. The summed E-state index contributed by atoms with van der Waals surface area (Å²) in [5.41, 5.74) is 7.19. The van der Waals surface area contributed by atoms with Gasteiger partial charge in [0, 0.05) is 11.5 Å². The van der Waals surface area contributed by atoms with Crippen molar-refractivity contribution in [2.45, 2.75) is 26.3 Å². The average molecular weight is 314 g/mol. The lowest BCUT2D eigenvalue weighted by Gasteiger charge is -2.37. The molecule has 1 unspecified atom stereocenters. The highest BCUT2D eigenvalue weighted by Crippen LogP contribution is 2.31. The van der Waals surface area contributed by atoms with Gasteiger partial charge in [-0.25, -0.2) is 0 Å². The molecule has 18 heavy (non-hydrogen) atoms. The van der Waals surface area contributed by atoms with E-state index in [1.54, 1.807) is 0 Å². The van der Waals surface area contributed by atoms with E-state index in [4.69, 9.17) is 15.2 Å². The van der Waals surface area contributed by atoms with E-state index in [-0.39, 0.29) is 11.5 Å². The first kappa shape index (κ1) is 13.8. The van der Waals surface area contributed by atoms with Crippen LogP contribution in [0.3, 0.4) is 0 Å². The Bertz CT molecular complexity index is 416. The monoisotopic (exact) mass is 313 g/mol. The molecule has 100 valence electrons. The molecular formula is C14H20BrNO2. The van der Waals surface area contributed by atoms with Crippen LogP contribution >= 0.6 is 15.9 Å². The second-order valence-corrected chi connectivity index (χ2v) is 6.39. The number of nitrogens with two attached hydrogens (primary N) is 1. The number of rotatable bonds is 5. The molecule has 0 amide bonds. The van der Waals surface area contributed by atoms with Gasteiger partial charge in [-0.2, -0.15) is 0 Å². The Balaban J connectivity index is 1.96. The molecule has 1 atom stereocenters. The summed E-state index contributed by atoms with van der Waals surface area (Å²) in [6.45, 7) is 6.45. The highest BCUT2D eigenvalue weighted by atomic mass is 79.9. The van der Waals surface area contributed by atoms with Crippen LogP contribution in [0.2, 0.25) is 0 Å². The first-order valence-electron chi connectivity index (χ1n) is 6.23. The van der Waals surface area contributed by atoms with Gasteiger partial charge in [-0.15, -0.1) is 0 Å². The molecule has 1 aromatic carbocycles. The first-order valence-corrected chi connectivity index (χ1v) is 7.02. The van der Waals surface area contributed by atoms with Crippen LogP contribution in [0.1, 0.15) is 19.4 Å². The van der Waals surface area contributed by atoms with Crippen molar-refractivity contribution in [3.63, 3.8) is 0 Å². The highest BCUT2D eigenvalue weighted by molar-refractivity contribution is 9.10. The van der Waals surface area contributed by atoms with Gasteiger partial charge in [-0.05, 0) is 47.0 Å². The number of halogens is 1. The van der Waals surface area contributed by atoms with Gasteiger partial charge in [0.15, 0.2) is 0 Å². The maximum atomic E-state index is 5.85. The molecule has 1 aliphatic heterocycles. The van der Waals surface area contributed by atoms with Gasteiger partial charge >= 0.3 is 0 Å². The van der Waals surface area contributed by atoms with E-state index < -0.39 is 0 Å². The third kappa shape index (κ3) is 3.46. The topological polar surface area (TPSA) is 44.5 Å². The SMILES string of the molecule is CC(N)Cc1ccc(OCC2(C)COC2)c(Br)c1. The third-order valence-electron chi connectivity index (χ3n) is 3.03. The Hall–Kier alpha value is -0.580. The molecule has 0 saturated carbocycles. The average Bonchev–Trinajstić information content (AvgIpc) is 2.24. The second kappa shape index (κ2) is 5.59. The summed E-state index contributed by atoms with van der Waals surface area (Å²) >= 11 is 3.55. The molecule has 1 aliphatic rings. The summed E-state index contributed by atoms with van der Waals surface area (Å²) in [4.78, 5) is 0. The van der Waals surface area contributed by atoms with Crippen LogP contribution in [0, 0.1) is 5.41 Å². The minimum Gasteiger partial charge on any atom is -0.492 e. The minimum absolute atomic E-state index is 0.171. The molecule has 0 radical (unpaired) electrons. The van der Waals surface area contributed by atoms with E-state index in [0.29, 0.717) is 6.61 Å². The lowest BCUT2D eigenvalue weighted by atomic mass is 9.90. The zero-order chi connectivity index (χ0) is 13.2. The van der Waals surface area contributed by atoms with Crippen molar-refractivity contribution in [3.8, 4) is 5.75 Å². The maximum absolute atomic E-state index is 5.85. The van der Waals surface area contributed by atoms with Crippen molar-refractivity contribution in [2.24, 2.45) is 11.1 Å². The molecule has 2 rings (SSSR count). The molecule has 1 heterocycles.